The summed E-state index contributed by atoms with van der Waals surface area (Å²) < 4.78 is 0. The fourth-order valence-corrected chi connectivity index (χ4v) is 7.04. The number of rotatable bonds is 34. The number of nitrogens with zero attached hydrogens (tertiary/aromatic N) is 5. The van der Waals surface area contributed by atoms with Crippen LogP contribution in [-0.4, -0.2) is 171 Å². The number of carboxylic acids is 6. The lowest BCUT2D eigenvalue weighted by atomic mass is 10.1. The number of anilines is 3. The highest BCUT2D eigenvalue weighted by Gasteiger charge is 2.29. The molecule has 33 heteroatoms. The maximum atomic E-state index is 13.0. The standard InChI is InChI=1S/C45H58N14O19/c1-59(19-21-18-49-37-35(50-21)36(47)57-45(48)58-37)22-4-2-20(3-5-22)38(66)56-28(44(77)78)11-17-34(65)55-27(43(75)76)10-16-33(64)54-26(42(73)74)9-15-32(63)53-25(41(71)72)8-14-31(62)52-24(40(69)70)7-13-30(61)51-23(39(67)68)6-12-29(46)60/h2-5,18,23-28H,6-17,19H2,1H3,(H2,46,60)(H,51,61)(H,52,62)(H,53,63)(H,54,64)(H,55,65)(H,56,66)(H,67,68)(H,69,70)(H,71,72)(H,73,74)(H,75,76)(H,77,78)(H4,47,48,49,57,58)/t23-,24-,25-,26-,27-,28-/m0/s1. The number of amides is 7. The van der Waals surface area contributed by atoms with Crippen LogP contribution in [-0.2, 0) is 64.1 Å². The van der Waals surface area contributed by atoms with Gasteiger partial charge in [0.2, 0.25) is 41.4 Å². The van der Waals surface area contributed by atoms with Gasteiger partial charge in [0.1, 0.15) is 36.3 Å². The van der Waals surface area contributed by atoms with Gasteiger partial charge < -0.3 is 84.6 Å². The molecule has 0 aliphatic heterocycles. The summed E-state index contributed by atoms with van der Waals surface area (Å²) in [5.74, 6) is -16.2. The molecule has 78 heavy (non-hydrogen) atoms. The number of fused-ring (bicyclic) bond motifs is 1. The van der Waals surface area contributed by atoms with Crippen LogP contribution in [0.2, 0.25) is 0 Å². The van der Waals surface area contributed by atoms with E-state index in [9.17, 15) is 93.0 Å². The number of primary amides is 1. The number of nitrogens with two attached hydrogens (primary N) is 3. The molecule has 0 unspecified atom stereocenters. The highest BCUT2D eigenvalue weighted by atomic mass is 16.4. The summed E-state index contributed by atoms with van der Waals surface area (Å²) in [6, 6.07) is -4.08. The number of carboxylic acid groups (broad SMARTS) is 6. The molecule has 0 saturated heterocycles. The van der Waals surface area contributed by atoms with Crippen LogP contribution in [0.5, 0.6) is 0 Å². The molecule has 18 N–H and O–H groups in total. The molecule has 0 aliphatic carbocycles. The second-order valence-electron chi connectivity index (χ2n) is 17.3. The van der Waals surface area contributed by atoms with Crippen molar-refractivity contribution in [2.75, 3.05) is 23.4 Å². The van der Waals surface area contributed by atoms with Gasteiger partial charge in [-0.2, -0.15) is 9.97 Å². The Morgan fingerprint density at radius 3 is 1.15 bits per heavy atom. The first-order valence-electron chi connectivity index (χ1n) is 23.4. The first-order valence-corrected chi connectivity index (χ1v) is 23.4. The van der Waals surface area contributed by atoms with E-state index in [-0.39, 0.29) is 47.9 Å². The third kappa shape index (κ3) is 21.2. The molecular weight excluding hydrogens is 1040 g/mol. The van der Waals surface area contributed by atoms with Gasteiger partial charge in [-0.3, -0.25) is 33.6 Å². The van der Waals surface area contributed by atoms with Gasteiger partial charge in [0.15, 0.2) is 17.0 Å². The van der Waals surface area contributed by atoms with Crippen molar-refractivity contribution in [1.82, 2.24) is 51.8 Å². The smallest absolute Gasteiger partial charge is 0.326 e. The van der Waals surface area contributed by atoms with Gasteiger partial charge in [-0.15, -0.1) is 0 Å². The molecule has 2 heterocycles. The Bertz CT molecular complexity index is 2760. The van der Waals surface area contributed by atoms with Crippen molar-refractivity contribution in [3.8, 4) is 0 Å². The minimum atomic E-state index is -1.77. The van der Waals surface area contributed by atoms with E-state index in [1.807, 2.05) is 0 Å². The van der Waals surface area contributed by atoms with Gasteiger partial charge in [0.25, 0.3) is 5.91 Å². The summed E-state index contributed by atoms with van der Waals surface area (Å²) in [7, 11) is 1.73. The highest BCUT2D eigenvalue weighted by Crippen LogP contribution is 2.19. The number of aliphatic carboxylic acids is 6. The van der Waals surface area contributed by atoms with Crippen LogP contribution in [0.3, 0.4) is 0 Å². The molecular formula is C45H58N14O19. The average Bonchev–Trinajstić information content (AvgIpc) is 3.36. The summed E-state index contributed by atoms with van der Waals surface area (Å²) in [4.78, 5) is 176. The van der Waals surface area contributed by atoms with Gasteiger partial charge in [0.05, 0.1) is 18.4 Å². The zero-order valence-electron chi connectivity index (χ0n) is 41.5. The molecule has 2 aromatic heterocycles. The monoisotopic (exact) mass is 1100 g/mol. The quantitative estimate of drug-likeness (QED) is 0.0275. The van der Waals surface area contributed by atoms with Crippen molar-refractivity contribution >= 4 is 106 Å². The van der Waals surface area contributed by atoms with Crippen LogP contribution in [0.4, 0.5) is 17.5 Å². The highest BCUT2D eigenvalue weighted by molar-refractivity contribution is 5.97. The lowest BCUT2D eigenvalue weighted by Gasteiger charge is -2.20. The summed E-state index contributed by atoms with van der Waals surface area (Å²) >= 11 is 0. The minimum Gasteiger partial charge on any atom is -0.480 e. The summed E-state index contributed by atoms with van der Waals surface area (Å²) in [5, 5.41) is 70.2. The molecule has 0 spiro atoms. The van der Waals surface area contributed by atoms with Crippen molar-refractivity contribution in [2.24, 2.45) is 5.73 Å². The third-order valence-electron chi connectivity index (χ3n) is 11.2. The first-order chi connectivity index (χ1) is 36.6. The van der Waals surface area contributed by atoms with Crippen molar-refractivity contribution in [2.45, 2.75) is 120 Å². The minimum absolute atomic E-state index is 0.0490. The van der Waals surface area contributed by atoms with Crippen molar-refractivity contribution in [3.05, 3.63) is 41.7 Å². The van der Waals surface area contributed by atoms with Crippen molar-refractivity contribution < 1.29 is 93.0 Å². The van der Waals surface area contributed by atoms with E-state index in [1.165, 1.54) is 18.3 Å². The third-order valence-corrected chi connectivity index (χ3v) is 11.2. The van der Waals surface area contributed by atoms with Crippen molar-refractivity contribution in [3.63, 3.8) is 0 Å². The number of carbonyl (C=O) groups is 13. The fraction of sp³-hybridized carbons (Fsp3) is 0.444. The zero-order chi connectivity index (χ0) is 58.4. The number of hydrogen-bond donors (Lipinski definition) is 15. The van der Waals surface area contributed by atoms with E-state index in [0.717, 1.165) is 0 Å². The van der Waals surface area contributed by atoms with Gasteiger partial charge in [-0.25, -0.2) is 38.7 Å². The molecule has 3 rings (SSSR count). The lowest BCUT2D eigenvalue weighted by Crippen LogP contribution is -2.46. The second kappa shape index (κ2) is 29.9. The van der Waals surface area contributed by atoms with Crippen LogP contribution in [0.1, 0.15) is 93.1 Å². The Morgan fingerprint density at radius 2 is 0.821 bits per heavy atom. The van der Waals surface area contributed by atoms with Gasteiger partial charge in [-0.1, -0.05) is 0 Å². The Kier molecular flexibility index (Phi) is 23.9. The van der Waals surface area contributed by atoms with Gasteiger partial charge in [0, 0.05) is 56.8 Å². The molecule has 3 aromatic rings. The van der Waals surface area contributed by atoms with E-state index >= 15 is 0 Å². The number of nitrogens with one attached hydrogen (secondary N) is 6. The molecule has 6 atom stereocenters. The summed E-state index contributed by atoms with van der Waals surface area (Å²) in [5.41, 5.74) is 18.1. The SMILES string of the molecule is CN(Cc1cnc2nc(N)nc(N)c2n1)c1ccc(C(=O)N[C@@H](CCC(=O)N[C@@H](CCC(=O)N[C@@H](CCC(=O)N[C@@H](CCC(=O)N[C@@H](CCC(=O)N[C@@H](CCC(N)=O)C(=O)O)C(=O)O)C(=O)O)C(=O)O)C(=O)O)C(=O)O)cc1. The second-order valence-corrected chi connectivity index (χ2v) is 17.3. The van der Waals surface area contributed by atoms with E-state index < -0.39 is 178 Å². The Morgan fingerprint density at radius 1 is 0.487 bits per heavy atom. The predicted octanol–water partition coefficient (Wildman–Crippen LogP) is -3.58. The van der Waals surface area contributed by atoms with Crippen molar-refractivity contribution in [1.29, 1.82) is 0 Å². The number of aromatic nitrogens is 4. The molecule has 33 nitrogen and oxygen atoms in total. The Labute approximate surface area is 440 Å². The Hall–Kier alpha value is -9.85. The van der Waals surface area contributed by atoms with Crippen LogP contribution in [0, 0.1) is 0 Å². The van der Waals surface area contributed by atoms with Crippen LogP contribution < -0.4 is 54.0 Å². The molecule has 0 radical (unpaired) electrons. The average molecular weight is 1100 g/mol. The van der Waals surface area contributed by atoms with E-state index in [4.69, 9.17) is 17.2 Å². The molecule has 7 amide bonds. The predicted molar refractivity (Wildman–Crippen MR) is 264 cm³/mol. The summed E-state index contributed by atoms with van der Waals surface area (Å²) in [6.07, 6.45) is -5.35. The number of carbonyl (C=O) groups excluding carboxylic acids is 7. The number of nitrogen functional groups attached to an aromatic ring is 2. The van der Waals surface area contributed by atoms with Crippen LogP contribution in [0.15, 0.2) is 30.5 Å². The van der Waals surface area contributed by atoms with Gasteiger partial charge in [-0.05, 0) is 62.8 Å². The molecule has 1 aromatic carbocycles. The lowest BCUT2D eigenvalue weighted by molar-refractivity contribution is -0.144. The molecule has 0 fully saturated rings. The fourth-order valence-electron chi connectivity index (χ4n) is 7.04. The first kappa shape index (κ1) is 62.4. The van der Waals surface area contributed by atoms with E-state index in [2.05, 4.69) is 51.8 Å². The largest absolute Gasteiger partial charge is 0.480 e. The molecule has 0 bridgehead atoms. The number of benzene rings is 1. The summed E-state index contributed by atoms with van der Waals surface area (Å²) in [6.45, 7) is 0.242. The zero-order valence-corrected chi connectivity index (χ0v) is 41.5. The van der Waals surface area contributed by atoms with Gasteiger partial charge >= 0.3 is 35.8 Å². The Balaban J connectivity index is 1.44. The topological polar surface area (TPSA) is 548 Å². The molecule has 422 valence electrons. The maximum absolute atomic E-state index is 13.0. The maximum Gasteiger partial charge on any atom is 0.326 e. The van der Waals surface area contributed by atoms with E-state index in [0.29, 0.717) is 11.4 Å². The molecule has 0 aliphatic rings. The van der Waals surface area contributed by atoms with Crippen LogP contribution in [0.25, 0.3) is 11.2 Å². The van der Waals surface area contributed by atoms with E-state index in [1.54, 1.807) is 24.1 Å². The number of hydrogen-bond acceptors (Lipinski definition) is 20. The molecule has 0 saturated carbocycles. The van der Waals surface area contributed by atoms with Crippen LogP contribution >= 0.6 is 0 Å². The normalized spacial score (nSPS) is 13.1.